The molecule has 2 amide bonds. The largest absolute Gasteiger partial charge is 0.357 e. The molecule has 0 saturated carbocycles. The normalized spacial score (nSPS) is 14.2. The third-order valence-corrected chi connectivity index (χ3v) is 4.46. The van der Waals surface area contributed by atoms with Crippen molar-refractivity contribution in [3.05, 3.63) is 35.4 Å². The highest BCUT2D eigenvalue weighted by Crippen LogP contribution is 2.09. The predicted molar refractivity (Wildman–Crippen MR) is 108 cm³/mol. The molecule has 7 nitrogen and oxygen atoms in total. The molecule has 1 heterocycles. The molecule has 0 spiro atoms. The van der Waals surface area contributed by atoms with Crippen molar-refractivity contribution >= 4 is 17.8 Å². The number of rotatable bonds is 7. The molecule has 0 unspecified atom stereocenters. The van der Waals surface area contributed by atoms with Gasteiger partial charge in [-0.25, -0.2) is 4.99 Å². The van der Waals surface area contributed by atoms with Crippen molar-refractivity contribution in [3.63, 3.8) is 0 Å². The van der Waals surface area contributed by atoms with Gasteiger partial charge in [-0.05, 0) is 37.5 Å². The fraction of sp³-hybridized carbons (Fsp3) is 0.550. The highest BCUT2D eigenvalue weighted by atomic mass is 16.2. The van der Waals surface area contributed by atoms with Crippen molar-refractivity contribution in [2.24, 2.45) is 4.99 Å². The third-order valence-electron chi connectivity index (χ3n) is 4.46. The van der Waals surface area contributed by atoms with Crippen molar-refractivity contribution in [1.82, 2.24) is 20.4 Å². The Labute approximate surface area is 161 Å². The number of amides is 2. The molecule has 0 radical (unpaired) electrons. The number of benzene rings is 1. The van der Waals surface area contributed by atoms with E-state index in [0.717, 1.165) is 38.0 Å². The zero-order chi connectivity index (χ0) is 19.6. The first-order valence-electron chi connectivity index (χ1n) is 9.61. The van der Waals surface area contributed by atoms with Gasteiger partial charge in [0.05, 0.1) is 6.54 Å². The van der Waals surface area contributed by atoms with Crippen molar-refractivity contribution in [1.29, 1.82) is 0 Å². The Bertz CT molecular complexity index is 649. The maximum Gasteiger partial charge on any atom is 0.253 e. The van der Waals surface area contributed by atoms with E-state index in [2.05, 4.69) is 15.6 Å². The van der Waals surface area contributed by atoms with E-state index in [-0.39, 0.29) is 11.8 Å². The molecule has 1 aromatic carbocycles. The molecule has 0 bridgehead atoms. The van der Waals surface area contributed by atoms with Crippen LogP contribution in [0.25, 0.3) is 0 Å². The van der Waals surface area contributed by atoms with Crippen LogP contribution in [0.3, 0.4) is 0 Å². The molecule has 1 aliphatic heterocycles. The summed E-state index contributed by atoms with van der Waals surface area (Å²) < 4.78 is 0. The molecule has 2 N–H and O–H groups in total. The molecule has 7 heteroatoms. The van der Waals surface area contributed by atoms with E-state index in [4.69, 9.17) is 0 Å². The van der Waals surface area contributed by atoms with Crippen LogP contribution in [-0.2, 0) is 11.3 Å². The van der Waals surface area contributed by atoms with Crippen LogP contribution in [-0.4, -0.2) is 67.8 Å². The first-order valence-corrected chi connectivity index (χ1v) is 9.61. The molecule has 2 rings (SSSR count). The second-order valence-electron chi connectivity index (χ2n) is 6.86. The molecule has 1 aromatic rings. The van der Waals surface area contributed by atoms with Gasteiger partial charge in [0.1, 0.15) is 0 Å². The summed E-state index contributed by atoms with van der Waals surface area (Å²) in [5.41, 5.74) is 1.69. The van der Waals surface area contributed by atoms with Gasteiger partial charge in [-0.15, -0.1) is 0 Å². The standard InChI is InChI=1S/C20H31N5O2/c1-4-21-20(22-12-11-18(26)25-13-5-6-14-25)23-15-16-7-9-17(10-8-16)19(27)24(2)3/h7-10H,4-6,11-15H2,1-3H3,(H2,21,22,23). The zero-order valence-electron chi connectivity index (χ0n) is 16.6. The summed E-state index contributed by atoms with van der Waals surface area (Å²) >= 11 is 0. The van der Waals surface area contributed by atoms with Gasteiger partial charge < -0.3 is 20.4 Å². The monoisotopic (exact) mass is 373 g/mol. The maximum absolute atomic E-state index is 12.1. The lowest BCUT2D eigenvalue weighted by Crippen LogP contribution is -2.39. The predicted octanol–water partition coefficient (Wildman–Crippen LogP) is 1.46. The van der Waals surface area contributed by atoms with Crippen molar-refractivity contribution in [3.8, 4) is 0 Å². The molecule has 0 aromatic heterocycles. The van der Waals surface area contributed by atoms with Crippen molar-refractivity contribution in [2.45, 2.75) is 32.7 Å². The Balaban J connectivity index is 1.85. The Morgan fingerprint density at radius 1 is 1.11 bits per heavy atom. The molecule has 0 aliphatic carbocycles. The van der Waals surface area contributed by atoms with E-state index >= 15 is 0 Å². The number of likely N-dealkylation sites (tertiary alicyclic amines) is 1. The molecule has 0 atom stereocenters. The van der Waals surface area contributed by atoms with Gasteiger partial charge in [0.2, 0.25) is 5.91 Å². The number of nitrogens with one attached hydrogen (secondary N) is 2. The smallest absolute Gasteiger partial charge is 0.253 e. The first-order chi connectivity index (χ1) is 13.0. The van der Waals surface area contributed by atoms with Crippen molar-refractivity contribution in [2.75, 3.05) is 40.3 Å². The fourth-order valence-electron chi connectivity index (χ4n) is 2.94. The summed E-state index contributed by atoms with van der Waals surface area (Å²) in [4.78, 5) is 32.1. The molecule has 1 saturated heterocycles. The Kier molecular flexibility index (Phi) is 8.10. The summed E-state index contributed by atoms with van der Waals surface area (Å²) in [5.74, 6) is 0.889. The Morgan fingerprint density at radius 2 is 1.78 bits per heavy atom. The van der Waals surface area contributed by atoms with E-state index in [1.165, 1.54) is 0 Å². The van der Waals surface area contributed by atoms with Gasteiger partial charge in [0.15, 0.2) is 5.96 Å². The second kappa shape index (κ2) is 10.5. The summed E-state index contributed by atoms with van der Waals surface area (Å²) in [6.45, 7) is 5.61. The number of nitrogens with zero attached hydrogens (tertiary/aromatic N) is 3. The number of guanidine groups is 1. The third kappa shape index (κ3) is 6.58. The summed E-state index contributed by atoms with van der Waals surface area (Å²) in [7, 11) is 3.48. The van der Waals surface area contributed by atoms with Gasteiger partial charge in [0, 0.05) is 52.3 Å². The lowest BCUT2D eigenvalue weighted by atomic mass is 10.1. The van der Waals surface area contributed by atoms with Crippen LogP contribution in [0.4, 0.5) is 0 Å². The lowest BCUT2D eigenvalue weighted by molar-refractivity contribution is -0.129. The molecular formula is C20H31N5O2. The van der Waals surface area contributed by atoms with Gasteiger partial charge in [-0.1, -0.05) is 12.1 Å². The van der Waals surface area contributed by atoms with Gasteiger partial charge in [0.25, 0.3) is 5.91 Å². The van der Waals surface area contributed by atoms with E-state index in [1.54, 1.807) is 19.0 Å². The number of carbonyl (C=O) groups is 2. The first kappa shape index (κ1) is 20.7. The van der Waals surface area contributed by atoms with Crippen LogP contribution in [0.2, 0.25) is 0 Å². The van der Waals surface area contributed by atoms with Crippen LogP contribution in [0.1, 0.15) is 42.1 Å². The summed E-state index contributed by atoms with van der Waals surface area (Å²) in [6.07, 6.45) is 2.70. The van der Waals surface area contributed by atoms with E-state index < -0.39 is 0 Å². The van der Waals surface area contributed by atoms with Gasteiger partial charge in [-0.2, -0.15) is 0 Å². The van der Waals surface area contributed by atoms with Crippen LogP contribution in [0.15, 0.2) is 29.3 Å². The molecular weight excluding hydrogens is 342 g/mol. The maximum atomic E-state index is 12.1. The second-order valence-corrected chi connectivity index (χ2v) is 6.86. The van der Waals surface area contributed by atoms with Crippen LogP contribution in [0.5, 0.6) is 0 Å². The van der Waals surface area contributed by atoms with Crippen molar-refractivity contribution < 1.29 is 9.59 Å². The summed E-state index contributed by atoms with van der Waals surface area (Å²) in [5, 5.41) is 6.41. The SMILES string of the molecule is CCNC(=NCc1ccc(C(=O)N(C)C)cc1)NCCC(=O)N1CCCC1. The number of hydrogen-bond donors (Lipinski definition) is 2. The topological polar surface area (TPSA) is 77.0 Å². The fourth-order valence-corrected chi connectivity index (χ4v) is 2.94. The number of aliphatic imine (C=N–C) groups is 1. The summed E-state index contributed by atoms with van der Waals surface area (Å²) in [6, 6.07) is 7.48. The molecule has 1 fully saturated rings. The Hall–Kier alpha value is -2.57. The minimum absolute atomic E-state index is 0.0114. The number of hydrogen-bond acceptors (Lipinski definition) is 3. The van der Waals surface area contributed by atoms with E-state index in [0.29, 0.717) is 31.0 Å². The zero-order valence-corrected chi connectivity index (χ0v) is 16.6. The minimum atomic E-state index is -0.0114. The van der Waals surface area contributed by atoms with E-state index in [9.17, 15) is 9.59 Å². The van der Waals surface area contributed by atoms with Crippen LogP contribution in [0, 0.1) is 0 Å². The molecule has 27 heavy (non-hydrogen) atoms. The average Bonchev–Trinajstić information content (AvgIpc) is 3.20. The molecule has 1 aliphatic rings. The minimum Gasteiger partial charge on any atom is -0.357 e. The number of carbonyl (C=O) groups excluding carboxylic acids is 2. The highest BCUT2D eigenvalue weighted by molar-refractivity contribution is 5.93. The van der Waals surface area contributed by atoms with E-state index in [1.807, 2.05) is 36.1 Å². The lowest BCUT2D eigenvalue weighted by Gasteiger charge is -2.16. The quantitative estimate of drug-likeness (QED) is 0.560. The van der Waals surface area contributed by atoms with Crippen LogP contribution < -0.4 is 10.6 Å². The van der Waals surface area contributed by atoms with Gasteiger partial charge >= 0.3 is 0 Å². The average molecular weight is 374 g/mol. The van der Waals surface area contributed by atoms with Gasteiger partial charge in [-0.3, -0.25) is 9.59 Å². The Morgan fingerprint density at radius 3 is 2.37 bits per heavy atom. The van der Waals surface area contributed by atoms with Crippen LogP contribution >= 0.6 is 0 Å². The highest BCUT2D eigenvalue weighted by Gasteiger charge is 2.17. The molecule has 148 valence electrons.